The summed E-state index contributed by atoms with van der Waals surface area (Å²) in [6.07, 6.45) is 1.97. The number of hydrogen-bond acceptors (Lipinski definition) is 3. The molecule has 1 aromatic carbocycles. The summed E-state index contributed by atoms with van der Waals surface area (Å²) in [5.41, 5.74) is 1.40. The Morgan fingerprint density at radius 3 is 3.07 bits per heavy atom. The van der Waals surface area contributed by atoms with Crippen LogP contribution in [-0.2, 0) is 4.79 Å². The van der Waals surface area contributed by atoms with Crippen LogP contribution in [0.1, 0.15) is 0 Å². The highest BCUT2D eigenvalue weighted by atomic mass is 79.9. The van der Waals surface area contributed by atoms with Gasteiger partial charge in [0.2, 0.25) is 5.91 Å². The third-order valence-electron chi connectivity index (χ3n) is 1.95. The lowest BCUT2D eigenvalue weighted by molar-refractivity contribution is -0.115. The van der Waals surface area contributed by atoms with E-state index in [0.717, 1.165) is 10.2 Å². The van der Waals surface area contributed by atoms with Crippen LogP contribution in [0.3, 0.4) is 0 Å². The standard InChI is InChI=1S/C9H6BrN3O/c10-6-1-2-8-7(3-6)12-9(14)4-13(8)5-11/h1-3H,4H2,(H,12,14). The van der Waals surface area contributed by atoms with Crippen LogP contribution >= 0.6 is 15.9 Å². The van der Waals surface area contributed by atoms with E-state index < -0.39 is 0 Å². The number of carbonyl (C=O) groups is 1. The van der Waals surface area contributed by atoms with E-state index in [0.29, 0.717) is 5.69 Å². The Hall–Kier alpha value is -1.54. The van der Waals surface area contributed by atoms with Crippen LogP contribution in [0.4, 0.5) is 11.4 Å². The molecular weight excluding hydrogens is 246 g/mol. The number of rotatable bonds is 0. The fraction of sp³-hybridized carbons (Fsp3) is 0.111. The minimum atomic E-state index is -0.169. The van der Waals surface area contributed by atoms with Crippen molar-refractivity contribution in [3.8, 4) is 6.19 Å². The molecule has 1 amide bonds. The molecule has 1 N–H and O–H groups in total. The van der Waals surface area contributed by atoms with Gasteiger partial charge in [-0.1, -0.05) is 15.9 Å². The minimum absolute atomic E-state index is 0.0884. The number of carbonyl (C=O) groups excluding carboxylic acids is 1. The van der Waals surface area contributed by atoms with E-state index in [1.807, 2.05) is 12.3 Å². The van der Waals surface area contributed by atoms with Gasteiger partial charge in [-0.3, -0.25) is 9.69 Å². The zero-order chi connectivity index (χ0) is 10.1. The molecule has 1 aromatic rings. The van der Waals surface area contributed by atoms with Crippen molar-refractivity contribution in [2.45, 2.75) is 0 Å². The molecule has 0 atom stereocenters. The van der Waals surface area contributed by atoms with Gasteiger partial charge >= 0.3 is 0 Å². The van der Waals surface area contributed by atoms with Crippen molar-refractivity contribution in [2.75, 3.05) is 16.8 Å². The van der Waals surface area contributed by atoms with Gasteiger partial charge in [0.1, 0.15) is 6.54 Å². The molecule has 1 aliphatic heterocycles. The molecule has 4 nitrogen and oxygen atoms in total. The summed E-state index contributed by atoms with van der Waals surface area (Å²) in [5.74, 6) is -0.169. The Bertz CT molecular complexity index is 438. The Morgan fingerprint density at radius 1 is 1.57 bits per heavy atom. The fourth-order valence-electron chi connectivity index (χ4n) is 1.35. The van der Waals surface area contributed by atoms with Crippen LogP contribution < -0.4 is 10.2 Å². The van der Waals surface area contributed by atoms with E-state index in [-0.39, 0.29) is 12.5 Å². The summed E-state index contributed by atoms with van der Waals surface area (Å²) in [5, 5.41) is 11.5. The molecule has 0 unspecified atom stereocenters. The molecule has 0 aliphatic carbocycles. The summed E-state index contributed by atoms with van der Waals surface area (Å²) in [6, 6.07) is 5.40. The maximum atomic E-state index is 11.2. The van der Waals surface area contributed by atoms with Gasteiger partial charge < -0.3 is 5.32 Å². The SMILES string of the molecule is N#CN1CC(=O)Nc2cc(Br)ccc21. The van der Waals surface area contributed by atoms with Gasteiger partial charge in [-0.25, -0.2) is 0 Å². The molecule has 1 heterocycles. The van der Waals surface area contributed by atoms with Crippen LogP contribution in [-0.4, -0.2) is 12.5 Å². The number of halogens is 1. The van der Waals surface area contributed by atoms with Crippen LogP contribution in [0, 0.1) is 11.5 Å². The summed E-state index contributed by atoms with van der Waals surface area (Å²) < 4.78 is 0.872. The quantitative estimate of drug-likeness (QED) is 0.715. The van der Waals surface area contributed by atoms with Gasteiger partial charge in [-0.15, -0.1) is 0 Å². The molecule has 0 fully saturated rings. The Balaban J connectivity index is 2.52. The van der Waals surface area contributed by atoms with Crippen molar-refractivity contribution in [3.63, 3.8) is 0 Å². The maximum Gasteiger partial charge on any atom is 0.245 e. The average Bonchev–Trinajstić information content (AvgIpc) is 2.15. The Labute approximate surface area is 89.3 Å². The molecule has 0 bridgehead atoms. The third kappa shape index (κ3) is 1.44. The predicted molar refractivity (Wildman–Crippen MR) is 55.7 cm³/mol. The van der Waals surface area contributed by atoms with Crippen molar-refractivity contribution in [2.24, 2.45) is 0 Å². The number of nitriles is 1. The lowest BCUT2D eigenvalue weighted by atomic mass is 10.2. The highest BCUT2D eigenvalue weighted by Crippen LogP contribution is 2.31. The first-order chi connectivity index (χ1) is 6.70. The Morgan fingerprint density at radius 2 is 2.36 bits per heavy atom. The molecule has 0 spiro atoms. The molecule has 0 saturated carbocycles. The predicted octanol–water partition coefficient (Wildman–Crippen LogP) is 1.69. The molecule has 0 saturated heterocycles. The highest BCUT2D eigenvalue weighted by molar-refractivity contribution is 9.10. The van der Waals surface area contributed by atoms with Gasteiger partial charge in [0.05, 0.1) is 11.4 Å². The summed E-state index contributed by atoms with van der Waals surface area (Å²) in [4.78, 5) is 12.5. The van der Waals surface area contributed by atoms with Gasteiger partial charge in [0.25, 0.3) is 0 Å². The lowest BCUT2D eigenvalue weighted by Crippen LogP contribution is -2.34. The number of nitrogens with zero attached hydrogens (tertiary/aromatic N) is 2. The van der Waals surface area contributed by atoms with Gasteiger partial charge in [-0.05, 0) is 18.2 Å². The molecule has 5 heteroatoms. The largest absolute Gasteiger partial charge is 0.323 e. The third-order valence-corrected chi connectivity index (χ3v) is 2.44. The molecule has 0 aromatic heterocycles. The Kier molecular flexibility index (Phi) is 2.14. The van der Waals surface area contributed by atoms with Crippen molar-refractivity contribution in [1.82, 2.24) is 0 Å². The normalized spacial score (nSPS) is 14.3. The molecule has 70 valence electrons. The highest BCUT2D eigenvalue weighted by Gasteiger charge is 2.21. The van der Waals surface area contributed by atoms with Crippen LogP contribution in [0.5, 0.6) is 0 Å². The van der Waals surface area contributed by atoms with Gasteiger partial charge in [0.15, 0.2) is 6.19 Å². The van der Waals surface area contributed by atoms with E-state index in [2.05, 4.69) is 21.2 Å². The minimum Gasteiger partial charge on any atom is -0.323 e. The number of anilines is 2. The first kappa shape index (κ1) is 9.03. The van der Waals surface area contributed by atoms with E-state index in [1.165, 1.54) is 4.90 Å². The van der Waals surface area contributed by atoms with Gasteiger partial charge in [-0.2, -0.15) is 5.26 Å². The molecule has 14 heavy (non-hydrogen) atoms. The number of benzene rings is 1. The van der Waals surface area contributed by atoms with E-state index in [1.54, 1.807) is 12.1 Å². The zero-order valence-electron chi connectivity index (χ0n) is 7.12. The topological polar surface area (TPSA) is 56.1 Å². The fourth-order valence-corrected chi connectivity index (χ4v) is 1.71. The van der Waals surface area contributed by atoms with Crippen LogP contribution in [0.15, 0.2) is 22.7 Å². The van der Waals surface area contributed by atoms with E-state index >= 15 is 0 Å². The van der Waals surface area contributed by atoms with Crippen molar-refractivity contribution in [1.29, 1.82) is 5.26 Å². The van der Waals surface area contributed by atoms with Gasteiger partial charge in [0, 0.05) is 4.47 Å². The first-order valence-electron chi connectivity index (χ1n) is 3.97. The second-order valence-electron chi connectivity index (χ2n) is 2.90. The van der Waals surface area contributed by atoms with Crippen LogP contribution in [0.2, 0.25) is 0 Å². The number of fused-ring (bicyclic) bond motifs is 1. The molecule has 1 aliphatic rings. The number of amides is 1. The van der Waals surface area contributed by atoms with Crippen molar-refractivity contribution >= 4 is 33.2 Å². The average molecular weight is 252 g/mol. The smallest absolute Gasteiger partial charge is 0.245 e. The monoisotopic (exact) mass is 251 g/mol. The molecule has 0 radical (unpaired) electrons. The van der Waals surface area contributed by atoms with E-state index in [9.17, 15) is 4.79 Å². The summed E-state index contributed by atoms with van der Waals surface area (Å²) in [7, 11) is 0. The number of nitrogens with one attached hydrogen (secondary N) is 1. The first-order valence-corrected chi connectivity index (χ1v) is 4.76. The summed E-state index contributed by atoms with van der Waals surface area (Å²) >= 11 is 3.30. The van der Waals surface area contributed by atoms with Crippen molar-refractivity contribution < 1.29 is 4.79 Å². The van der Waals surface area contributed by atoms with E-state index in [4.69, 9.17) is 5.26 Å². The van der Waals surface area contributed by atoms with Crippen LogP contribution in [0.25, 0.3) is 0 Å². The lowest BCUT2D eigenvalue weighted by Gasteiger charge is -2.24. The zero-order valence-corrected chi connectivity index (χ0v) is 8.71. The molecule has 2 rings (SSSR count). The molecular formula is C9H6BrN3O. The maximum absolute atomic E-state index is 11.2. The number of hydrogen-bond donors (Lipinski definition) is 1. The summed E-state index contributed by atoms with van der Waals surface area (Å²) in [6.45, 7) is 0.0884. The van der Waals surface area contributed by atoms with Crippen molar-refractivity contribution in [3.05, 3.63) is 22.7 Å². The second-order valence-corrected chi connectivity index (χ2v) is 3.81. The second kappa shape index (κ2) is 3.31.